The molecule has 2 rings (SSSR count). The third-order valence-corrected chi connectivity index (χ3v) is 3.25. The molecule has 1 aromatic rings. The number of benzene rings is 1. The predicted molar refractivity (Wildman–Crippen MR) is 69.7 cm³/mol. The van der Waals surface area contributed by atoms with Crippen molar-refractivity contribution in [1.29, 1.82) is 0 Å². The molecule has 1 saturated heterocycles. The van der Waals surface area contributed by atoms with Crippen molar-refractivity contribution in [3.8, 4) is 0 Å². The van der Waals surface area contributed by atoms with Gasteiger partial charge in [-0.15, -0.1) is 0 Å². The Morgan fingerprint density at radius 3 is 2.53 bits per heavy atom. The van der Waals surface area contributed by atoms with Gasteiger partial charge in [0.25, 0.3) is 0 Å². The minimum atomic E-state index is -0.906. The van der Waals surface area contributed by atoms with E-state index in [1.807, 2.05) is 26.0 Å². The molecule has 0 bridgehead atoms. The molecule has 0 saturated carbocycles. The summed E-state index contributed by atoms with van der Waals surface area (Å²) in [5.41, 5.74) is 7.16. The van der Waals surface area contributed by atoms with Gasteiger partial charge >= 0.3 is 5.97 Å². The minimum Gasteiger partial charge on any atom is -0.481 e. The standard InChI is InChI=1S/C14H19NO4/c1-14(2)18-8-12(19-14)10-5-3-9(4-6-10)11(7-15)13(16)17/h3-6,11-12H,7-8,15H2,1-2H3,(H,16,17). The summed E-state index contributed by atoms with van der Waals surface area (Å²) >= 11 is 0. The fraction of sp³-hybridized carbons (Fsp3) is 0.500. The molecule has 19 heavy (non-hydrogen) atoms. The molecule has 1 fully saturated rings. The number of nitrogens with two attached hydrogens (primary N) is 1. The van der Waals surface area contributed by atoms with Gasteiger partial charge in [-0.05, 0) is 25.0 Å². The molecule has 0 spiro atoms. The zero-order valence-electron chi connectivity index (χ0n) is 11.1. The van der Waals surface area contributed by atoms with Gasteiger partial charge in [0, 0.05) is 6.54 Å². The van der Waals surface area contributed by atoms with Crippen molar-refractivity contribution in [3.63, 3.8) is 0 Å². The maximum absolute atomic E-state index is 11.0. The summed E-state index contributed by atoms with van der Waals surface area (Å²) in [6.45, 7) is 4.34. The Bertz CT molecular complexity index is 455. The third kappa shape index (κ3) is 3.12. The van der Waals surface area contributed by atoms with E-state index in [4.69, 9.17) is 20.3 Å². The molecule has 2 unspecified atom stereocenters. The van der Waals surface area contributed by atoms with Crippen molar-refractivity contribution in [2.75, 3.05) is 13.2 Å². The molecule has 5 heteroatoms. The zero-order valence-corrected chi connectivity index (χ0v) is 11.1. The lowest BCUT2D eigenvalue weighted by atomic mass is 9.97. The molecule has 0 aromatic heterocycles. The highest BCUT2D eigenvalue weighted by molar-refractivity contribution is 5.76. The van der Waals surface area contributed by atoms with E-state index in [-0.39, 0.29) is 12.6 Å². The SMILES string of the molecule is CC1(C)OCC(c2ccc(C(CN)C(=O)O)cc2)O1. The van der Waals surface area contributed by atoms with E-state index in [9.17, 15) is 4.79 Å². The van der Waals surface area contributed by atoms with E-state index < -0.39 is 17.7 Å². The van der Waals surface area contributed by atoms with Crippen LogP contribution in [-0.2, 0) is 14.3 Å². The van der Waals surface area contributed by atoms with E-state index >= 15 is 0 Å². The van der Waals surface area contributed by atoms with Crippen LogP contribution in [0.1, 0.15) is 37.0 Å². The lowest BCUT2D eigenvalue weighted by Gasteiger charge is -2.17. The number of carboxylic acid groups (broad SMARTS) is 1. The molecule has 0 amide bonds. The first-order valence-corrected chi connectivity index (χ1v) is 6.27. The van der Waals surface area contributed by atoms with Crippen LogP contribution < -0.4 is 5.73 Å². The van der Waals surface area contributed by atoms with E-state index in [0.29, 0.717) is 12.2 Å². The van der Waals surface area contributed by atoms with Gasteiger partial charge in [0.05, 0.1) is 12.5 Å². The summed E-state index contributed by atoms with van der Waals surface area (Å²) in [7, 11) is 0. The van der Waals surface area contributed by atoms with E-state index in [1.54, 1.807) is 12.1 Å². The average molecular weight is 265 g/mol. The Morgan fingerprint density at radius 2 is 2.11 bits per heavy atom. The number of carbonyl (C=O) groups is 1. The molecule has 5 nitrogen and oxygen atoms in total. The summed E-state index contributed by atoms with van der Waals surface area (Å²) in [5, 5.41) is 9.05. The Labute approximate surface area is 112 Å². The van der Waals surface area contributed by atoms with Gasteiger partial charge in [0.1, 0.15) is 6.10 Å². The third-order valence-electron chi connectivity index (χ3n) is 3.25. The molecular weight excluding hydrogens is 246 g/mol. The maximum atomic E-state index is 11.0. The van der Waals surface area contributed by atoms with Gasteiger partial charge in [-0.2, -0.15) is 0 Å². The monoisotopic (exact) mass is 265 g/mol. The van der Waals surface area contributed by atoms with Crippen molar-refractivity contribution in [3.05, 3.63) is 35.4 Å². The first kappa shape index (κ1) is 14.0. The van der Waals surface area contributed by atoms with Crippen LogP contribution in [-0.4, -0.2) is 30.0 Å². The summed E-state index contributed by atoms with van der Waals surface area (Å²) in [6.07, 6.45) is -0.106. The van der Waals surface area contributed by atoms with E-state index in [1.165, 1.54) is 0 Å². The fourth-order valence-corrected chi connectivity index (χ4v) is 2.17. The Balaban J connectivity index is 2.13. The van der Waals surface area contributed by atoms with Gasteiger partial charge < -0.3 is 20.3 Å². The van der Waals surface area contributed by atoms with Crippen molar-refractivity contribution in [2.24, 2.45) is 5.73 Å². The zero-order chi connectivity index (χ0) is 14.0. The molecule has 1 aromatic carbocycles. The van der Waals surface area contributed by atoms with Gasteiger partial charge in [0.15, 0.2) is 5.79 Å². The largest absolute Gasteiger partial charge is 0.481 e. The number of carboxylic acids is 1. The first-order chi connectivity index (χ1) is 8.93. The molecule has 2 atom stereocenters. The summed E-state index contributed by atoms with van der Waals surface area (Å²) < 4.78 is 11.3. The second kappa shape index (κ2) is 5.28. The van der Waals surface area contributed by atoms with Gasteiger partial charge in [-0.25, -0.2) is 0 Å². The maximum Gasteiger partial charge on any atom is 0.312 e. The molecule has 0 radical (unpaired) electrons. The van der Waals surface area contributed by atoms with Crippen LogP contribution in [0.15, 0.2) is 24.3 Å². The van der Waals surface area contributed by atoms with Crippen LogP contribution in [0.2, 0.25) is 0 Å². The van der Waals surface area contributed by atoms with Crippen LogP contribution in [0.3, 0.4) is 0 Å². The molecule has 1 aliphatic heterocycles. The van der Waals surface area contributed by atoms with Crippen LogP contribution in [0, 0.1) is 0 Å². The predicted octanol–water partition coefficient (Wildman–Crippen LogP) is 1.64. The number of aliphatic carboxylic acids is 1. The van der Waals surface area contributed by atoms with Gasteiger partial charge in [-0.3, -0.25) is 4.79 Å². The summed E-state index contributed by atoms with van der Waals surface area (Å²) in [5.74, 6) is -2.13. The minimum absolute atomic E-state index is 0.0880. The lowest BCUT2D eigenvalue weighted by Crippen LogP contribution is -2.21. The van der Waals surface area contributed by atoms with Crippen LogP contribution in [0.25, 0.3) is 0 Å². The van der Waals surface area contributed by atoms with Gasteiger partial charge in [0.2, 0.25) is 0 Å². The summed E-state index contributed by atoms with van der Waals surface area (Å²) in [4.78, 5) is 11.0. The molecule has 1 aliphatic rings. The summed E-state index contributed by atoms with van der Waals surface area (Å²) in [6, 6.07) is 7.32. The quantitative estimate of drug-likeness (QED) is 0.864. The van der Waals surface area contributed by atoms with Crippen LogP contribution >= 0.6 is 0 Å². The molecular formula is C14H19NO4. The molecule has 104 valence electrons. The smallest absolute Gasteiger partial charge is 0.312 e. The van der Waals surface area contributed by atoms with E-state index in [0.717, 1.165) is 5.56 Å². The lowest BCUT2D eigenvalue weighted by molar-refractivity contribution is -0.139. The van der Waals surface area contributed by atoms with Crippen molar-refractivity contribution >= 4 is 5.97 Å². The highest BCUT2D eigenvalue weighted by Gasteiger charge is 2.33. The number of hydrogen-bond donors (Lipinski definition) is 2. The molecule has 1 heterocycles. The fourth-order valence-electron chi connectivity index (χ4n) is 2.17. The second-order valence-electron chi connectivity index (χ2n) is 5.11. The Kier molecular flexibility index (Phi) is 3.89. The van der Waals surface area contributed by atoms with Crippen LogP contribution in [0.4, 0.5) is 0 Å². The second-order valence-corrected chi connectivity index (χ2v) is 5.11. The van der Waals surface area contributed by atoms with Crippen molar-refractivity contribution in [2.45, 2.75) is 31.7 Å². The molecule has 0 aliphatic carbocycles. The average Bonchev–Trinajstić information content (AvgIpc) is 2.71. The molecule has 3 N–H and O–H groups in total. The van der Waals surface area contributed by atoms with Gasteiger partial charge in [-0.1, -0.05) is 24.3 Å². The number of rotatable bonds is 4. The number of hydrogen-bond acceptors (Lipinski definition) is 4. The highest BCUT2D eigenvalue weighted by atomic mass is 16.7. The van der Waals surface area contributed by atoms with Crippen LogP contribution in [0.5, 0.6) is 0 Å². The van der Waals surface area contributed by atoms with Crippen molar-refractivity contribution < 1.29 is 19.4 Å². The van der Waals surface area contributed by atoms with E-state index in [2.05, 4.69) is 0 Å². The Morgan fingerprint density at radius 1 is 1.47 bits per heavy atom. The highest BCUT2D eigenvalue weighted by Crippen LogP contribution is 2.33. The Hall–Kier alpha value is -1.43. The first-order valence-electron chi connectivity index (χ1n) is 6.27. The van der Waals surface area contributed by atoms with Crippen molar-refractivity contribution in [1.82, 2.24) is 0 Å². The number of ether oxygens (including phenoxy) is 2. The normalized spacial score (nSPS) is 23.2. The topological polar surface area (TPSA) is 81.8 Å².